The molecule has 5 nitrogen and oxygen atoms in total. The summed E-state index contributed by atoms with van der Waals surface area (Å²) in [6.07, 6.45) is 0. The predicted octanol–water partition coefficient (Wildman–Crippen LogP) is 4.43. The van der Waals surface area contributed by atoms with Crippen LogP contribution in [0.25, 0.3) is 0 Å². The molecule has 0 atom stereocenters. The zero-order valence-corrected chi connectivity index (χ0v) is 16.3. The summed E-state index contributed by atoms with van der Waals surface area (Å²) in [7, 11) is -3.88. The van der Waals surface area contributed by atoms with E-state index in [4.69, 9.17) is 0 Å². The first-order chi connectivity index (χ1) is 13.8. The molecule has 1 amide bonds. The number of nitrogens with one attached hydrogen (secondary N) is 1. The van der Waals surface area contributed by atoms with Crippen LogP contribution in [0.4, 0.5) is 20.2 Å². The molecule has 8 heteroatoms. The van der Waals surface area contributed by atoms with Gasteiger partial charge in [-0.3, -0.25) is 9.52 Å². The molecule has 0 saturated carbocycles. The van der Waals surface area contributed by atoms with E-state index in [1.54, 1.807) is 6.92 Å². The number of halogens is 2. The molecular weight excluding hydrogens is 398 g/mol. The van der Waals surface area contributed by atoms with E-state index in [0.717, 1.165) is 24.3 Å². The molecule has 0 radical (unpaired) electrons. The van der Waals surface area contributed by atoms with E-state index in [-0.39, 0.29) is 16.5 Å². The number of hydrogen-bond acceptors (Lipinski definition) is 3. The highest BCUT2D eigenvalue weighted by Crippen LogP contribution is 2.20. The average molecular weight is 416 g/mol. The van der Waals surface area contributed by atoms with Gasteiger partial charge in [-0.05, 0) is 79.7 Å². The lowest BCUT2D eigenvalue weighted by Gasteiger charge is -2.21. The van der Waals surface area contributed by atoms with Crippen molar-refractivity contribution in [2.45, 2.75) is 11.8 Å². The Bertz CT molecular complexity index is 1100. The Morgan fingerprint density at radius 2 is 1.38 bits per heavy atom. The molecule has 0 aliphatic rings. The Morgan fingerprint density at radius 3 is 1.90 bits per heavy atom. The fourth-order valence-electron chi connectivity index (χ4n) is 2.73. The summed E-state index contributed by atoms with van der Waals surface area (Å²) in [5.41, 5.74) is 1.16. The van der Waals surface area contributed by atoms with E-state index in [1.807, 2.05) is 0 Å². The largest absolute Gasteiger partial charge is 0.309 e. The molecule has 0 bridgehead atoms. The molecule has 0 heterocycles. The number of anilines is 2. The first-order valence-corrected chi connectivity index (χ1v) is 10.2. The molecule has 0 aliphatic heterocycles. The van der Waals surface area contributed by atoms with Crippen molar-refractivity contribution in [2.75, 3.05) is 16.2 Å². The highest BCUT2D eigenvalue weighted by Gasteiger charge is 2.18. The van der Waals surface area contributed by atoms with Gasteiger partial charge in [0.25, 0.3) is 15.9 Å². The summed E-state index contributed by atoms with van der Waals surface area (Å²) in [6.45, 7) is 2.18. The normalized spacial score (nSPS) is 11.1. The fraction of sp³-hybridized carbons (Fsp3) is 0.0952. The van der Waals surface area contributed by atoms with Crippen LogP contribution in [0.1, 0.15) is 17.3 Å². The monoisotopic (exact) mass is 416 g/mol. The summed E-state index contributed by atoms with van der Waals surface area (Å²) in [4.78, 5) is 14.2. The number of carbonyl (C=O) groups excluding carboxylic acids is 1. The Morgan fingerprint density at radius 1 is 0.862 bits per heavy atom. The van der Waals surface area contributed by atoms with Crippen molar-refractivity contribution in [3.63, 3.8) is 0 Å². The van der Waals surface area contributed by atoms with E-state index in [9.17, 15) is 22.0 Å². The molecule has 0 aliphatic carbocycles. The minimum Gasteiger partial charge on any atom is -0.309 e. The number of benzene rings is 3. The second-order valence-electron chi connectivity index (χ2n) is 6.16. The maximum absolute atomic E-state index is 13.1. The summed E-state index contributed by atoms with van der Waals surface area (Å²) in [5, 5.41) is 0. The van der Waals surface area contributed by atoms with Crippen molar-refractivity contribution < 1.29 is 22.0 Å². The Labute approximate surface area is 167 Å². The third kappa shape index (κ3) is 4.78. The molecule has 0 fully saturated rings. The van der Waals surface area contributed by atoms with Crippen molar-refractivity contribution >= 4 is 27.3 Å². The standard InChI is InChI=1S/C21H18F2N2O3S/c1-2-25(19-11-5-16(22)6-12-19)21(26)15-3-9-18(10-4-15)24-29(27,28)20-13-7-17(23)8-14-20/h3-14,24H,2H2,1H3. The van der Waals surface area contributed by atoms with Gasteiger partial charge in [0.1, 0.15) is 11.6 Å². The summed E-state index contributed by atoms with van der Waals surface area (Å²) < 4.78 is 53.2. The Kier molecular flexibility index (Phi) is 5.93. The molecule has 0 spiro atoms. The van der Waals surface area contributed by atoms with Gasteiger partial charge >= 0.3 is 0 Å². The van der Waals surface area contributed by atoms with Gasteiger partial charge in [0.15, 0.2) is 0 Å². The second-order valence-corrected chi connectivity index (χ2v) is 7.84. The van der Waals surface area contributed by atoms with E-state index < -0.39 is 21.7 Å². The van der Waals surface area contributed by atoms with Crippen molar-refractivity contribution in [1.82, 2.24) is 0 Å². The lowest BCUT2D eigenvalue weighted by Crippen LogP contribution is -2.30. The number of amides is 1. The van der Waals surface area contributed by atoms with Crippen molar-refractivity contribution in [3.05, 3.63) is 90.0 Å². The van der Waals surface area contributed by atoms with Gasteiger partial charge in [0.05, 0.1) is 4.90 Å². The topological polar surface area (TPSA) is 66.5 Å². The second kappa shape index (κ2) is 8.40. The van der Waals surface area contributed by atoms with Gasteiger partial charge in [0, 0.05) is 23.5 Å². The molecule has 3 aromatic rings. The van der Waals surface area contributed by atoms with E-state index in [1.165, 1.54) is 53.4 Å². The zero-order valence-electron chi connectivity index (χ0n) is 15.5. The van der Waals surface area contributed by atoms with Gasteiger partial charge in [-0.25, -0.2) is 17.2 Å². The first kappa shape index (κ1) is 20.5. The molecule has 3 aromatic carbocycles. The van der Waals surface area contributed by atoms with Crippen LogP contribution in [-0.4, -0.2) is 20.9 Å². The van der Waals surface area contributed by atoms with Gasteiger partial charge in [-0.15, -0.1) is 0 Å². The maximum Gasteiger partial charge on any atom is 0.261 e. The molecule has 0 aromatic heterocycles. The van der Waals surface area contributed by atoms with Gasteiger partial charge in [0.2, 0.25) is 0 Å². The Hall–Kier alpha value is -3.26. The maximum atomic E-state index is 13.1. The predicted molar refractivity (Wildman–Crippen MR) is 107 cm³/mol. The van der Waals surface area contributed by atoms with Crippen LogP contribution in [0, 0.1) is 11.6 Å². The summed E-state index contributed by atoms with van der Waals surface area (Å²) >= 11 is 0. The lowest BCUT2D eigenvalue weighted by atomic mass is 10.1. The van der Waals surface area contributed by atoms with Crippen LogP contribution in [0.3, 0.4) is 0 Å². The fourth-order valence-corrected chi connectivity index (χ4v) is 3.79. The molecular formula is C21H18F2N2O3S. The quantitative estimate of drug-likeness (QED) is 0.646. The molecule has 1 N–H and O–H groups in total. The zero-order chi connectivity index (χ0) is 21.0. The average Bonchev–Trinajstić information content (AvgIpc) is 2.70. The first-order valence-electron chi connectivity index (χ1n) is 8.76. The van der Waals surface area contributed by atoms with E-state index in [2.05, 4.69) is 4.72 Å². The van der Waals surface area contributed by atoms with Crippen LogP contribution >= 0.6 is 0 Å². The number of rotatable bonds is 6. The number of sulfonamides is 1. The molecule has 0 saturated heterocycles. The molecule has 0 unspecified atom stereocenters. The molecule has 29 heavy (non-hydrogen) atoms. The van der Waals surface area contributed by atoms with Gasteiger partial charge in [-0.1, -0.05) is 0 Å². The SMILES string of the molecule is CCN(C(=O)c1ccc(NS(=O)(=O)c2ccc(F)cc2)cc1)c1ccc(F)cc1. The van der Waals surface area contributed by atoms with Crippen molar-refractivity contribution in [1.29, 1.82) is 0 Å². The highest BCUT2D eigenvalue weighted by atomic mass is 32.2. The number of carbonyl (C=O) groups is 1. The number of nitrogens with zero attached hydrogens (tertiary/aromatic N) is 1. The van der Waals surface area contributed by atoms with Crippen LogP contribution in [0.5, 0.6) is 0 Å². The minimum absolute atomic E-state index is 0.0764. The third-order valence-electron chi connectivity index (χ3n) is 4.21. The van der Waals surface area contributed by atoms with Crippen LogP contribution in [0.15, 0.2) is 77.7 Å². The molecule has 150 valence electrons. The summed E-state index contributed by atoms with van der Waals surface area (Å²) in [6, 6.07) is 16.0. The van der Waals surface area contributed by atoms with Crippen molar-refractivity contribution in [2.24, 2.45) is 0 Å². The van der Waals surface area contributed by atoms with Crippen LogP contribution < -0.4 is 9.62 Å². The minimum atomic E-state index is -3.88. The third-order valence-corrected chi connectivity index (χ3v) is 5.60. The van der Waals surface area contributed by atoms with Gasteiger partial charge < -0.3 is 4.90 Å². The lowest BCUT2D eigenvalue weighted by molar-refractivity contribution is 0.0988. The van der Waals surface area contributed by atoms with Crippen molar-refractivity contribution in [3.8, 4) is 0 Å². The van der Waals surface area contributed by atoms with Gasteiger partial charge in [-0.2, -0.15) is 0 Å². The van der Waals surface area contributed by atoms with E-state index >= 15 is 0 Å². The molecule has 3 rings (SSSR count). The number of hydrogen-bond donors (Lipinski definition) is 1. The van der Waals surface area contributed by atoms with Crippen LogP contribution in [0.2, 0.25) is 0 Å². The summed E-state index contributed by atoms with van der Waals surface area (Å²) in [5.74, 6) is -1.23. The van der Waals surface area contributed by atoms with E-state index in [0.29, 0.717) is 17.8 Å². The highest BCUT2D eigenvalue weighted by molar-refractivity contribution is 7.92. The Balaban J connectivity index is 1.77. The van der Waals surface area contributed by atoms with Crippen LogP contribution in [-0.2, 0) is 10.0 Å². The smallest absolute Gasteiger partial charge is 0.261 e.